The quantitative estimate of drug-likeness (QED) is 0.574. The molecule has 0 unspecified atom stereocenters. The van der Waals surface area contributed by atoms with Gasteiger partial charge in [0.2, 0.25) is 0 Å². The summed E-state index contributed by atoms with van der Waals surface area (Å²) in [7, 11) is -1.22. The fourth-order valence-electron chi connectivity index (χ4n) is 1.04. The molecule has 2 N–H and O–H groups in total. The third kappa shape index (κ3) is 3.31. The Labute approximate surface area is 63.8 Å². The summed E-state index contributed by atoms with van der Waals surface area (Å²) in [5.41, 5.74) is 0. The van der Waals surface area contributed by atoms with E-state index in [1.54, 1.807) is 0 Å². The number of nitrogens with zero attached hydrogens (tertiary/aromatic N) is 1. The molecule has 0 aromatic carbocycles. The van der Waals surface area contributed by atoms with Gasteiger partial charge in [0, 0.05) is 0 Å². The van der Waals surface area contributed by atoms with Gasteiger partial charge in [-0.15, -0.1) is 0 Å². The zero-order chi connectivity index (χ0) is 7.49. The van der Waals surface area contributed by atoms with Crippen LogP contribution >= 0.6 is 0 Å². The van der Waals surface area contributed by atoms with E-state index in [4.69, 9.17) is 5.40 Å². The Hall–Kier alpha value is 0.571. The molecule has 0 bridgehead atoms. The summed E-state index contributed by atoms with van der Waals surface area (Å²) < 4.78 is 2.63. The zero-order valence-electron chi connectivity index (χ0n) is 6.94. The van der Waals surface area contributed by atoms with Gasteiger partial charge in [-0.1, -0.05) is 13.1 Å². The van der Waals surface area contributed by atoms with Gasteiger partial charge >= 0.3 is 0 Å². The van der Waals surface area contributed by atoms with Crippen molar-refractivity contribution >= 4 is 27.8 Å². The molecule has 0 rings (SSSR count). The molecule has 0 aromatic rings. The first-order valence-corrected chi connectivity index (χ1v) is 10.7. The largest absolute Gasteiger partial charge is 0.366 e. The molecule has 0 spiro atoms. The summed E-state index contributed by atoms with van der Waals surface area (Å²) in [5, 5.41) is 6.04. The molecule has 2 nitrogen and oxygen atoms in total. The summed E-state index contributed by atoms with van der Waals surface area (Å²) in [5.74, 6) is 0. The third-order valence-corrected chi connectivity index (χ3v) is 14.2. The van der Waals surface area contributed by atoms with Crippen molar-refractivity contribution in [3.63, 3.8) is 0 Å². The second-order valence-corrected chi connectivity index (χ2v) is 11.7. The molecule has 0 aliphatic carbocycles. The highest BCUT2D eigenvalue weighted by Crippen LogP contribution is 1.97. The van der Waals surface area contributed by atoms with Crippen LogP contribution in [0.15, 0.2) is 0 Å². The highest BCUT2D eigenvalue weighted by molar-refractivity contribution is 6.84. The third-order valence-electron chi connectivity index (χ3n) is 1.58. The van der Waals surface area contributed by atoms with Crippen molar-refractivity contribution in [3.8, 4) is 0 Å². The fraction of sp³-hybridized carbons (Fsp3) is 1.00. The summed E-state index contributed by atoms with van der Waals surface area (Å²) in [6.07, 6.45) is 0. The minimum Gasteiger partial charge on any atom is -0.366 e. The van der Waals surface area contributed by atoms with Gasteiger partial charge < -0.3 is 9.30 Å². The van der Waals surface area contributed by atoms with Crippen LogP contribution in [0.4, 0.5) is 0 Å². The maximum absolute atomic E-state index is 6.04. The molecule has 9 heavy (non-hydrogen) atoms. The second-order valence-electron chi connectivity index (χ2n) is 2.83. The Morgan fingerprint density at radius 1 is 1.22 bits per heavy atom. The molecule has 0 fully saturated rings. The lowest BCUT2D eigenvalue weighted by Gasteiger charge is -2.31. The van der Waals surface area contributed by atoms with E-state index in [1.807, 2.05) is 0 Å². The Morgan fingerprint density at radius 3 is 1.56 bits per heavy atom. The fourth-order valence-corrected chi connectivity index (χ4v) is 9.35. The van der Waals surface area contributed by atoms with Crippen LogP contribution in [0.2, 0.25) is 26.2 Å². The van der Waals surface area contributed by atoms with Crippen molar-refractivity contribution in [1.29, 1.82) is 0 Å². The van der Waals surface area contributed by atoms with E-state index in [2.05, 4.69) is 30.1 Å². The molecule has 0 radical (unpaired) electrons. The zero-order valence-corrected chi connectivity index (χ0v) is 10.8. The van der Waals surface area contributed by atoms with E-state index in [-0.39, 0.29) is 19.4 Å². The summed E-state index contributed by atoms with van der Waals surface area (Å²) in [4.78, 5) is 0. The molecule has 5 heteroatoms. The summed E-state index contributed by atoms with van der Waals surface area (Å²) >= 11 is 0. The average molecular weight is 178 g/mol. The minimum absolute atomic E-state index is 0.0556. The minimum atomic E-state index is -1.33. The van der Waals surface area contributed by atoms with Crippen LogP contribution in [-0.4, -0.2) is 31.7 Å². The Bertz CT molecular complexity index is 76.4. The summed E-state index contributed by atoms with van der Waals surface area (Å²) in [6.45, 7) is 9.14. The number of nitrogens with two attached hydrogens (primary N) is 1. The van der Waals surface area contributed by atoms with E-state index in [0.717, 1.165) is 0 Å². The van der Waals surface area contributed by atoms with E-state index in [1.165, 1.54) is 0 Å². The van der Waals surface area contributed by atoms with E-state index >= 15 is 0 Å². The van der Waals surface area contributed by atoms with Gasteiger partial charge in [0.05, 0.1) is 19.4 Å². The van der Waals surface area contributed by atoms with Crippen molar-refractivity contribution in [1.82, 2.24) is 3.90 Å². The maximum atomic E-state index is 6.04. The molecular weight excluding hydrogens is 160 g/mol. The number of hydrogen-bond acceptors (Lipinski definition) is 2. The van der Waals surface area contributed by atoms with Crippen molar-refractivity contribution in [2.45, 2.75) is 26.2 Å². The van der Waals surface area contributed by atoms with Crippen LogP contribution in [0, 0.1) is 0 Å². The summed E-state index contributed by atoms with van der Waals surface area (Å²) in [6, 6.07) is 0. The SMILES string of the molecule is C[SiH2]N([SiH2]C)[Si](C)(C)N. The van der Waals surface area contributed by atoms with Crippen molar-refractivity contribution in [2.24, 2.45) is 5.40 Å². The molecule has 56 valence electrons. The lowest BCUT2D eigenvalue weighted by atomic mass is 11.9. The Kier molecular flexibility index (Phi) is 3.90. The lowest BCUT2D eigenvalue weighted by Crippen LogP contribution is -2.58. The van der Waals surface area contributed by atoms with Gasteiger partial charge in [0.1, 0.15) is 0 Å². The molecule has 0 aliphatic rings. The van der Waals surface area contributed by atoms with E-state index in [9.17, 15) is 0 Å². The van der Waals surface area contributed by atoms with E-state index < -0.39 is 8.40 Å². The first kappa shape index (κ1) is 9.57. The standard InChI is InChI=1S/C4H18N2Si3/c1-7-6(8-2)9(3,4)5/h5,7-8H2,1-4H3. The van der Waals surface area contributed by atoms with Crippen LogP contribution in [0.3, 0.4) is 0 Å². The highest BCUT2D eigenvalue weighted by Gasteiger charge is 2.20. The first-order valence-electron chi connectivity index (χ1n) is 3.56. The monoisotopic (exact) mass is 178 g/mol. The molecule has 0 heterocycles. The molecule has 0 aliphatic heterocycles. The molecule has 0 amide bonds. The van der Waals surface area contributed by atoms with Gasteiger partial charge in [-0.3, -0.25) is 0 Å². The van der Waals surface area contributed by atoms with Crippen LogP contribution in [0.5, 0.6) is 0 Å². The van der Waals surface area contributed by atoms with E-state index in [0.29, 0.717) is 0 Å². The number of rotatable bonds is 3. The Morgan fingerprint density at radius 2 is 1.56 bits per heavy atom. The van der Waals surface area contributed by atoms with Gasteiger partial charge in [-0.2, -0.15) is 0 Å². The van der Waals surface area contributed by atoms with Gasteiger partial charge in [0.15, 0.2) is 8.40 Å². The first-order chi connectivity index (χ1) is 4.02. The predicted molar refractivity (Wildman–Crippen MR) is 52.3 cm³/mol. The molecular formula is C4H18N2Si3. The van der Waals surface area contributed by atoms with Gasteiger partial charge in [0.25, 0.3) is 0 Å². The van der Waals surface area contributed by atoms with Crippen LogP contribution < -0.4 is 5.40 Å². The van der Waals surface area contributed by atoms with Crippen molar-refractivity contribution in [2.75, 3.05) is 0 Å². The van der Waals surface area contributed by atoms with Gasteiger partial charge in [-0.05, 0) is 13.1 Å². The van der Waals surface area contributed by atoms with Crippen LogP contribution in [0.1, 0.15) is 0 Å². The highest BCUT2D eigenvalue weighted by atomic mass is 28.4. The second kappa shape index (κ2) is 3.67. The maximum Gasteiger partial charge on any atom is 0.181 e. The molecule has 0 saturated carbocycles. The normalized spacial score (nSPS) is 15.3. The smallest absolute Gasteiger partial charge is 0.181 e. The van der Waals surface area contributed by atoms with Crippen LogP contribution in [-0.2, 0) is 0 Å². The van der Waals surface area contributed by atoms with Crippen molar-refractivity contribution < 1.29 is 0 Å². The average Bonchev–Trinajstić information content (AvgIpc) is 1.65. The Balaban J connectivity index is 3.79. The predicted octanol–water partition coefficient (Wildman–Crippen LogP) is -0.787. The van der Waals surface area contributed by atoms with Gasteiger partial charge in [-0.25, -0.2) is 0 Å². The molecule has 0 atom stereocenters. The lowest BCUT2D eigenvalue weighted by molar-refractivity contribution is 1.00. The van der Waals surface area contributed by atoms with Crippen LogP contribution in [0.25, 0.3) is 0 Å². The van der Waals surface area contributed by atoms with Crippen molar-refractivity contribution in [3.05, 3.63) is 0 Å². The molecule has 0 saturated heterocycles. The number of hydrogen-bond donors (Lipinski definition) is 1. The topological polar surface area (TPSA) is 29.3 Å². The molecule has 0 aromatic heterocycles.